The van der Waals surface area contributed by atoms with Crippen molar-refractivity contribution >= 4 is 58.2 Å². The number of hydrogen-bond acceptors (Lipinski definition) is 16. The van der Waals surface area contributed by atoms with E-state index in [4.69, 9.17) is 31.5 Å². The largest absolute Gasteiger partial charge is 0.462 e. The molecule has 22 heteroatoms. The minimum atomic E-state index is -1.09. The Morgan fingerprint density at radius 1 is 0.591 bits per heavy atom. The summed E-state index contributed by atoms with van der Waals surface area (Å²) in [5.41, 5.74) is 9.83. The molecule has 18 nitrogen and oxygen atoms in total. The van der Waals surface area contributed by atoms with Gasteiger partial charge in [0.05, 0.1) is 70.2 Å². The third-order valence-corrected chi connectivity index (χ3v) is 17.7. The number of nitrogen functional groups attached to an aromatic ring is 1. The van der Waals surface area contributed by atoms with Gasteiger partial charge in [-0.1, -0.05) is 81.9 Å². The highest BCUT2D eigenvalue weighted by atomic mass is 35.5. The first kappa shape index (κ1) is 67.8. The first-order valence-corrected chi connectivity index (χ1v) is 31.2. The molecule has 0 spiro atoms. The lowest BCUT2D eigenvalue weighted by Crippen LogP contribution is -2.45. The number of halogens is 4. The number of nitrogens with one attached hydrogen (secondary N) is 1. The summed E-state index contributed by atoms with van der Waals surface area (Å²) in [6.45, 7) is 8.12. The molecule has 474 valence electrons. The number of nitro benzene ring substituents is 2. The molecule has 6 fully saturated rings. The van der Waals surface area contributed by atoms with Gasteiger partial charge in [-0.05, 0) is 168 Å². The zero-order valence-corrected chi connectivity index (χ0v) is 51.3. The predicted molar refractivity (Wildman–Crippen MR) is 326 cm³/mol. The molecular formula is C66H80ClF3N6O12. The van der Waals surface area contributed by atoms with Crippen molar-refractivity contribution in [2.45, 2.75) is 150 Å². The van der Waals surface area contributed by atoms with Crippen molar-refractivity contribution in [3.05, 3.63) is 161 Å². The van der Waals surface area contributed by atoms with Gasteiger partial charge in [0.15, 0.2) is 0 Å². The standard InChI is InChI=1S/C25H31N3O2.C16H20FNO4.C16H22FNO2.C9H7ClFNO4/c1-2-30-25(29)19-4-3-18(24(13-19)27-14-22-5-6-26-15-28-22)12-23-20-8-16-7-17(10-20)11-21(23)9-16;1-2-22-16(19)13-10-15(18(20)21)12(9-14(13)17)8-11-6-4-3-5-7-11;1-2-20-16(19)13-10-15(18)12(9-14(13)17)8-11-6-4-3-5-7-11;1-2-16-9(13)5-3-8(12(14)15)7(11)4-6(5)10/h3-6,13,15-17,20-21,23,27H,2,7-12,14H2,1H3;9-11H,2-8H2,1H3;9-11H,2-8,18H2,1H3;3-4H,2H2,1H3. The Balaban J connectivity index is 0.000000172. The molecule has 1 aromatic heterocycles. The second-order valence-electron chi connectivity index (χ2n) is 23.3. The molecule has 1 heterocycles. The van der Waals surface area contributed by atoms with E-state index in [0.717, 1.165) is 103 Å². The van der Waals surface area contributed by atoms with Crippen LogP contribution < -0.4 is 11.1 Å². The van der Waals surface area contributed by atoms with Crippen LogP contribution in [0.15, 0.2) is 73.2 Å². The number of ether oxygens (including phenoxy) is 4. The Hall–Kier alpha value is -7.68. The highest BCUT2D eigenvalue weighted by Crippen LogP contribution is 2.57. The first-order valence-electron chi connectivity index (χ1n) is 30.8. The fourth-order valence-corrected chi connectivity index (χ4v) is 13.6. The van der Waals surface area contributed by atoms with Crippen molar-refractivity contribution in [3.63, 3.8) is 0 Å². The molecule has 6 aliphatic rings. The number of nitro groups is 2. The Morgan fingerprint density at radius 2 is 1.09 bits per heavy atom. The molecule has 0 saturated heterocycles. The summed E-state index contributed by atoms with van der Waals surface area (Å²) in [6, 6.07) is 14.4. The maximum absolute atomic E-state index is 14.1. The zero-order chi connectivity index (χ0) is 63.4. The molecule has 6 saturated carbocycles. The van der Waals surface area contributed by atoms with Gasteiger partial charge in [-0.3, -0.25) is 20.2 Å². The maximum atomic E-state index is 14.1. The SMILES string of the molecule is CCOC(=O)c1cc(N)c(CC2CCCCC2)cc1F.CCOC(=O)c1cc([N+](=O)[O-])c(CC2CCCCC2)cc1F.CCOC(=O)c1cc([N+](=O)[O-])c(F)cc1Cl.CCOC(=O)c1ccc(CC2C3CC4CC(C3)CC2C4)c(NCc2ccncn2)c1. The van der Waals surface area contributed by atoms with Crippen LogP contribution >= 0.6 is 11.6 Å². The number of esters is 4. The minimum Gasteiger partial charge on any atom is -0.462 e. The second kappa shape index (κ2) is 33.1. The van der Waals surface area contributed by atoms with Crippen LogP contribution in [-0.4, -0.2) is 70.1 Å². The van der Waals surface area contributed by atoms with Gasteiger partial charge in [-0.2, -0.15) is 4.39 Å². The highest BCUT2D eigenvalue weighted by molar-refractivity contribution is 6.33. The lowest BCUT2D eigenvalue weighted by molar-refractivity contribution is -0.387. The van der Waals surface area contributed by atoms with Crippen LogP contribution in [0.3, 0.4) is 0 Å². The molecular weight excluding hydrogens is 1160 g/mol. The molecule has 0 amide bonds. The van der Waals surface area contributed by atoms with Crippen LogP contribution in [-0.2, 0) is 44.8 Å². The van der Waals surface area contributed by atoms with Crippen molar-refractivity contribution in [2.75, 3.05) is 37.5 Å². The number of nitrogens with two attached hydrogens (primary N) is 1. The van der Waals surface area contributed by atoms with Gasteiger partial charge in [0.25, 0.3) is 5.69 Å². The van der Waals surface area contributed by atoms with Crippen molar-refractivity contribution in [3.8, 4) is 0 Å². The summed E-state index contributed by atoms with van der Waals surface area (Å²) >= 11 is 5.57. The van der Waals surface area contributed by atoms with E-state index < -0.39 is 50.9 Å². The molecule has 88 heavy (non-hydrogen) atoms. The zero-order valence-electron chi connectivity index (χ0n) is 50.5. The molecule has 11 rings (SSSR count). The summed E-state index contributed by atoms with van der Waals surface area (Å²) < 4.78 is 60.5. The molecule has 4 aromatic carbocycles. The van der Waals surface area contributed by atoms with E-state index in [9.17, 15) is 52.6 Å². The Morgan fingerprint density at radius 3 is 1.61 bits per heavy atom. The Kier molecular flexibility index (Phi) is 25.5. The van der Waals surface area contributed by atoms with Crippen LogP contribution in [0, 0.1) is 79.1 Å². The lowest BCUT2D eigenvalue weighted by atomic mass is 9.51. The molecule has 3 N–H and O–H groups in total. The molecule has 0 atom stereocenters. The first-order chi connectivity index (χ1) is 42.3. The number of hydrogen-bond donors (Lipinski definition) is 2. The third-order valence-electron chi connectivity index (χ3n) is 17.4. The quantitative estimate of drug-likeness (QED) is 0.0256. The van der Waals surface area contributed by atoms with Crippen LogP contribution in [0.1, 0.15) is 188 Å². The number of benzene rings is 4. The highest BCUT2D eigenvalue weighted by Gasteiger charge is 2.48. The number of aromatic nitrogens is 2. The van der Waals surface area contributed by atoms with Crippen molar-refractivity contribution in [1.29, 1.82) is 0 Å². The van der Waals surface area contributed by atoms with Gasteiger partial charge in [0.2, 0.25) is 5.82 Å². The van der Waals surface area contributed by atoms with Crippen molar-refractivity contribution < 1.29 is 61.1 Å². The molecule has 0 unspecified atom stereocenters. The number of anilines is 2. The Bertz CT molecular complexity index is 3210. The molecule has 6 aliphatic carbocycles. The van der Waals surface area contributed by atoms with E-state index in [2.05, 4.69) is 26.1 Å². The van der Waals surface area contributed by atoms with Gasteiger partial charge in [0.1, 0.15) is 23.5 Å². The smallest absolute Gasteiger partial charge is 0.341 e. The average Bonchev–Trinajstić information content (AvgIpc) is 1.32. The number of rotatable bonds is 19. The van der Waals surface area contributed by atoms with Crippen LogP contribution in [0.5, 0.6) is 0 Å². The third kappa shape index (κ3) is 18.7. The van der Waals surface area contributed by atoms with E-state index in [-0.39, 0.29) is 53.2 Å². The monoisotopic (exact) mass is 1240 g/mol. The second-order valence-corrected chi connectivity index (χ2v) is 23.7. The summed E-state index contributed by atoms with van der Waals surface area (Å²) in [6.07, 6.45) is 24.5. The normalized spacial score (nSPS) is 19.2. The van der Waals surface area contributed by atoms with E-state index in [1.165, 1.54) is 88.3 Å². The van der Waals surface area contributed by atoms with Gasteiger partial charge >= 0.3 is 29.6 Å². The minimum absolute atomic E-state index is 0.0725. The molecule has 4 bridgehead atoms. The lowest BCUT2D eigenvalue weighted by Gasteiger charge is -2.54. The fraction of sp³-hybridized carbons (Fsp3) is 0.515. The summed E-state index contributed by atoms with van der Waals surface area (Å²) in [5.74, 6) is 0.482. The number of carbonyl (C=O) groups excluding carboxylic acids is 4. The molecule has 0 aliphatic heterocycles. The van der Waals surface area contributed by atoms with Crippen molar-refractivity contribution in [1.82, 2.24) is 9.97 Å². The van der Waals surface area contributed by atoms with Crippen LogP contribution in [0.25, 0.3) is 0 Å². The van der Waals surface area contributed by atoms with Crippen LogP contribution in [0.4, 0.5) is 35.9 Å². The number of carbonyl (C=O) groups is 4. The van der Waals surface area contributed by atoms with Crippen molar-refractivity contribution in [2.24, 2.45) is 41.4 Å². The predicted octanol–water partition coefficient (Wildman–Crippen LogP) is 15.2. The van der Waals surface area contributed by atoms with E-state index in [1.807, 2.05) is 25.1 Å². The summed E-state index contributed by atoms with van der Waals surface area (Å²) in [5, 5.41) is 25.0. The van der Waals surface area contributed by atoms with Gasteiger partial charge < -0.3 is 30.0 Å². The van der Waals surface area contributed by atoms with Gasteiger partial charge in [-0.25, -0.2) is 37.9 Å². The average molecular weight is 1240 g/mol. The summed E-state index contributed by atoms with van der Waals surface area (Å²) in [4.78, 5) is 75.4. The maximum Gasteiger partial charge on any atom is 0.341 e. The fourth-order valence-electron chi connectivity index (χ4n) is 13.4. The summed E-state index contributed by atoms with van der Waals surface area (Å²) in [7, 11) is 0. The van der Waals surface area contributed by atoms with E-state index in [1.54, 1.807) is 33.3 Å². The van der Waals surface area contributed by atoms with E-state index in [0.29, 0.717) is 54.3 Å². The Labute approximate surface area is 516 Å². The van der Waals surface area contributed by atoms with E-state index >= 15 is 0 Å². The topological polar surface area (TPSA) is 255 Å². The van der Waals surface area contributed by atoms with Gasteiger partial charge in [-0.15, -0.1) is 0 Å². The molecule has 5 aromatic rings. The number of nitrogens with zero attached hydrogens (tertiary/aromatic N) is 4. The van der Waals surface area contributed by atoms with Gasteiger partial charge in [0, 0.05) is 41.3 Å². The van der Waals surface area contributed by atoms with Crippen LogP contribution in [0.2, 0.25) is 5.02 Å². The molecule has 0 radical (unpaired) electrons.